The topological polar surface area (TPSA) is 118 Å². The third-order valence-corrected chi connectivity index (χ3v) is 5.94. The van der Waals surface area contributed by atoms with E-state index in [1.807, 2.05) is 0 Å². The van der Waals surface area contributed by atoms with E-state index in [2.05, 4.69) is 29.5 Å². The van der Waals surface area contributed by atoms with Crippen LogP contribution in [-0.2, 0) is 16.6 Å². The van der Waals surface area contributed by atoms with Crippen LogP contribution in [0.25, 0.3) is 0 Å². The molecule has 2 aliphatic rings. The number of amides is 2. The Morgan fingerprint density at radius 2 is 1.92 bits per heavy atom. The number of nitrogens with one attached hydrogen (secondary N) is 1. The number of rotatable bonds is 4. The summed E-state index contributed by atoms with van der Waals surface area (Å²) in [5, 5.41) is 10.8. The normalized spacial score (nSPS) is 21.6. The Balaban J connectivity index is 1.73. The summed E-state index contributed by atoms with van der Waals surface area (Å²) >= 11 is 0. The van der Waals surface area contributed by atoms with Gasteiger partial charge < -0.3 is 10.2 Å². The Hall–Kier alpha value is -2.01. The number of nitrogens with zero attached hydrogens (tertiary/aromatic N) is 5. The molecule has 11 heteroatoms. The number of piperazine rings is 1. The van der Waals surface area contributed by atoms with E-state index in [0.717, 1.165) is 12.7 Å². The van der Waals surface area contributed by atoms with Crippen LogP contribution >= 0.6 is 0 Å². The van der Waals surface area contributed by atoms with Gasteiger partial charge in [-0.25, -0.2) is 13.1 Å². The lowest BCUT2D eigenvalue weighted by molar-refractivity contribution is 0.0684. The van der Waals surface area contributed by atoms with Crippen LogP contribution in [0, 0.1) is 5.92 Å². The first-order chi connectivity index (χ1) is 12.2. The third kappa shape index (κ3) is 3.73. The Morgan fingerprint density at radius 1 is 1.27 bits per heavy atom. The molecule has 2 amide bonds. The summed E-state index contributed by atoms with van der Waals surface area (Å²) in [6.07, 6.45) is 1.97. The van der Waals surface area contributed by atoms with Gasteiger partial charge in [0.1, 0.15) is 0 Å². The predicted octanol–water partition coefficient (Wildman–Crippen LogP) is -0.846. The van der Waals surface area contributed by atoms with Gasteiger partial charge in [0.05, 0.1) is 12.8 Å². The van der Waals surface area contributed by atoms with E-state index in [1.54, 1.807) is 0 Å². The van der Waals surface area contributed by atoms with Crippen molar-refractivity contribution in [3.05, 3.63) is 11.4 Å². The van der Waals surface area contributed by atoms with Crippen molar-refractivity contribution in [3.63, 3.8) is 0 Å². The number of fused-ring (bicyclic) bond motifs is 1. The molecule has 1 fully saturated rings. The highest BCUT2D eigenvalue weighted by Crippen LogP contribution is 2.18. The summed E-state index contributed by atoms with van der Waals surface area (Å²) in [6, 6.07) is -0.0297. The second kappa shape index (κ2) is 6.95. The van der Waals surface area contributed by atoms with Crippen LogP contribution in [0.15, 0.2) is 0 Å². The van der Waals surface area contributed by atoms with Gasteiger partial charge in [-0.05, 0) is 12.3 Å². The van der Waals surface area contributed by atoms with E-state index >= 15 is 0 Å². The first-order valence-electron chi connectivity index (χ1n) is 8.65. The first kappa shape index (κ1) is 18.8. The van der Waals surface area contributed by atoms with Crippen LogP contribution in [0.4, 0.5) is 0 Å². The van der Waals surface area contributed by atoms with Crippen LogP contribution in [0.2, 0.25) is 0 Å². The molecule has 3 heterocycles. The van der Waals surface area contributed by atoms with Gasteiger partial charge in [0, 0.05) is 32.2 Å². The average Bonchev–Trinajstić information content (AvgIpc) is 2.97. The van der Waals surface area contributed by atoms with Crippen molar-refractivity contribution in [2.24, 2.45) is 5.92 Å². The van der Waals surface area contributed by atoms with Crippen molar-refractivity contribution in [2.75, 3.05) is 32.4 Å². The van der Waals surface area contributed by atoms with Crippen molar-refractivity contribution in [1.29, 1.82) is 0 Å². The summed E-state index contributed by atoms with van der Waals surface area (Å²) in [5.74, 6) is -0.306. The maximum absolute atomic E-state index is 12.8. The number of hydrogen-bond donors (Lipinski definition) is 1. The van der Waals surface area contributed by atoms with Gasteiger partial charge in [-0.15, -0.1) is 5.10 Å². The van der Waals surface area contributed by atoms with E-state index in [9.17, 15) is 18.0 Å². The lowest BCUT2D eigenvalue weighted by Crippen LogP contribution is -2.51. The fourth-order valence-electron chi connectivity index (χ4n) is 3.39. The highest BCUT2D eigenvalue weighted by molar-refractivity contribution is 7.88. The molecule has 1 aromatic rings. The van der Waals surface area contributed by atoms with Gasteiger partial charge in [-0.1, -0.05) is 19.1 Å². The molecule has 0 radical (unpaired) electrons. The molecule has 3 rings (SSSR count). The average molecular weight is 384 g/mol. The van der Waals surface area contributed by atoms with Crippen LogP contribution in [0.5, 0.6) is 0 Å². The van der Waals surface area contributed by atoms with E-state index in [-0.39, 0.29) is 49.5 Å². The first-order valence-corrected chi connectivity index (χ1v) is 10.5. The zero-order valence-electron chi connectivity index (χ0n) is 15.2. The summed E-state index contributed by atoms with van der Waals surface area (Å²) in [7, 11) is -3.27. The zero-order valence-corrected chi connectivity index (χ0v) is 16.0. The quantitative estimate of drug-likeness (QED) is 0.723. The zero-order chi connectivity index (χ0) is 19.1. The molecule has 1 N–H and O–H groups in total. The van der Waals surface area contributed by atoms with Gasteiger partial charge >= 0.3 is 0 Å². The van der Waals surface area contributed by atoms with Gasteiger partial charge in [-0.2, -0.15) is 4.31 Å². The lowest BCUT2D eigenvalue weighted by Gasteiger charge is -2.33. The number of hydrogen-bond acceptors (Lipinski definition) is 6. The Bertz CT molecular complexity index is 810. The fourth-order valence-corrected chi connectivity index (χ4v) is 4.22. The van der Waals surface area contributed by atoms with Gasteiger partial charge in [-0.3, -0.25) is 9.59 Å². The summed E-state index contributed by atoms with van der Waals surface area (Å²) in [6.45, 7) is 5.63. The summed E-state index contributed by atoms with van der Waals surface area (Å²) in [4.78, 5) is 26.7. The Kier molecular flexibility index (Phi) is 5.02. The lowest BCUT2D eigenvalue weighted by atomic mass is 10.0. The van der Waals surface area contributed by atoms with Crippen LogP contribution in [0.1, 0.15) is 41.2 Å². The highest BCUT2D eigenvalue weighted by atomic mass is 32.2. The number of sulfonamides is 1. The Labute approximate surface area is 152 Å². The van der Waals surface area contributed by atoms with Crippen molar-refractivity contribution in [1.82, 2.24) is 29.5 Å². The van der Waals surface area contributed by atoms with Crippen molar-refractivity contribution >= 4 is 21.8 Å². The number of carbonyl (C=O) groups is 2. The molecule has 0 bridgehead atoms. The summed E-state index contributed by atoms with van der Waals surface area (Å²) in [5.41, 5.74) is 0.207. The molecule has 0 aromatic carbocycles. The highest BCUT2D eigenvalue weighted by Gasteiger charge is 2.35. The van der Waals surface area contributed by atoms with E-state index in [1.165, 1.54) is 13.9 Å². The minimum atomic E-state index is -3.27. The van der Waals surface area contributed by atoms with Crippen molar-refractivity contribution in [3.8, 4) is 0 Å². The smallest absolute Gasteiger partial charge is 0.276 e. The van der Waals surface area contributed by atoms with Gasteiger partial charge in [0.2, 0.25) is 10.0 Å². The molecule has 0 saturated carbocycles. The molecule has 1 atom stereocenters. The molecule has 26 heavy (non-hydrogen) atoms. The van der Waals surface area contributed by atoms with E-state index in [0.29, 0.717) is 12.5 Å². The molecule has 0 unspecified atom stereocenters. The molecule has 1 aromatic heterocycles. The van der Waals surface area contributed by atoms with Gasteiger partial charge in [0.15, 0.2) is 11.4 Å². The number of carbonyl (C=O) groups excluding carboxylic acids is 2. The summed E-state index contributed by atoms with van der Waals surface area (Å²) < 4.78 is 26.0. The molecule has 0 spiro atoms. The molecular weight excluding hydrogens is 360 g/mol. The largest absolute Gasteiger partial charge is 0.346 e. The third-order valence-electron chi connectivity index (χ3n) is 4.63. The maximum atomic E-state index is 12.8. The van der Waals surface area contributed by atoms with E-state index in [4.69, 9.17) is 0 Å². The fraction of sp³-hybridized carbons (Fsp3) is 0.733. The SMILES string of the molecule is CC(C)C[C@H]1Cn2nnc(C(=O)N3CCN(S(C)(=O)=O)CC3)c2C(=O)N1. The number of aromatic nitrogens is 3. The minimum absolute atomic E-state index is 0.0262. The molecule has 144 valence electrons. The van der Waals surface area contributed by atoms with Gasteiger partial charge in [0.25, 0.3) is 11.8 Å². The van der Waals surface area contributed by atoms with Crippen molar-refractivity contribution in [2.45, 2.75) is 32.9 Å². The minimum Gasteiger partial charge on any atom is -0.346 e. The van der Waals surface area contributed by atoms with Crippen LogP contribution < -0.4 is 5.32 Å². The monoisotopic (exact) mass is 384 g/mol. The maximum Gasteiger partial charge on any atom is 0.276 e. The molecule has 1 saturated heterocycles. The second-order valence-electron chi connectivity index (χ2n) is 7.22. The molecule has 10 nitrogen and oxygen atoms in total. The standard InChI is InChI=1S/C15H24N6O4S/c1-10(2)8-11-9-21-13(14(22)16-11)12(17-18-21)15(23)19-4-6-20(7-5-19)26(3,24)25/h10-11H,4-9H2,1-3H3,(H,16,22)/t11-/m0/s1. The Morgan fingerprint density at radius 3 is 2.50 bits per heavy atom. The molecule has 0 aliphatic carbocycles. The van der Waals surface area contributed by atoms with E-state index < -0.39 is 15.9 Å². The molecule has 2 aliphatic heterocycles. The van der Waals surface area contributed by atoms with Crippen molar-refractivity contribution < 1.29 is 18.0 Å². The predicted molar refractivity (Wildman–Crippen MR) is 93.1 cm³/mol. The second-order valence-corrected chi connectivity index (χ2v) is 9.21. The van der Waals surface area contributed by atoms with Crippen LogP contribution in [0.3, 0.4) is 0 Å². The molecular formula is C15H24N6O4S. The van der Waals surface area contributed by atoms with Crippen LogP contribution in [-0.4, -0.2) is 82.9 Å².